The summed E-state index contributed by atoms with van der Waals surface area (Å²) in [6.45, 7) is 1.14. The molecule has 0 aromatic carbocycles. The zero-order chi connectivity index (χ0) is 12.3. The standard InChI is InChI=1S/C13H23NO3/c1-17-12-8-11(9-12)14-7-3-2-4-10(14)5-6-13(15)16/h10-12H,2-9H2,1H3,(H,15,16). The largest absolute Gasteiger partial charge is 0.481 e. The van der Waals surface area contributed by atoms with Crippen molar-refractivity contribution in [2.24, 2.45) is 0 Å². The molecular formula is C13H23NO3. The zero-order valence-corrected chi connectivity index (χ0v) is 10.6. The maximum atomic E-state index is 10.7. The highest BCUT2D eigenvalue weighted by molar-refractivity contribution is 5.66. The summed E-state index contributed by atoms with van der Waals surface area (Å²) >= 11 is 0. The monoisotopic (exact) mass is 241 g/mol. The number of nitrogens with zero attached hydrogens (tertiary/aromatic N) is 1. The number of carbonyl (C=O) groups is 1. The fourth-order valence-corrected chi connectivity index (χ4v) is 3.10. The van der Waals surface area contributed by atoms with Gasteiger partial charge in [-0.15, -0.1) is 0 Å². The smallest absolute Gasteiger partial charge is 0.303 e. The van der Waals surface area contributed by atoms with Crippen LogP contribution in [-0.4, -0.2) is 47.8 Å². The van der Waals surface area contributed by atoms with Gasteiger partial charge in [0.15, 0.2) is 0 Å². The minimum Gasteiger partial charge on any atom is -0.481 e. The molecule has 4 nitrogen and oxygen atoms in total. The summed E-state index contributed by atoms with van der Waals surface area (Å²) in [5.41, 5.74) is 0. The van der Waals surface area contributed by atoms with Crippen molar-refractivity contribution in [3.05, 3.63) is 0 Å². The molecule has 1 N–H and O–H groups in total. The van der Waals surface area contributed by atoms with E-state index in [1.807, 2.05) is 0 Å². The van der Waals surface area contributed by atoms with E-state index in [4.69, 9.17) is 9.84 Å². The maximum absolute atomic E-state index is 10.7. The summed E-state index contributed by atoms with van der Waals surface area (Å²) in [6.07, 6.45) is 7.48. The van der Waals surface area contributed by atoms with E-state index >= 15 is 0 Å². The van der Waals surface area contributed by atoms with Crippen molar-refractivity contribution in [3.63, 3.8) is 0 Å². The molecule has 0 aromatic heterocycles. The third kappa shape index (κ3) is 3.19. The third-order valence-corrected chi connectivity index (χ3v) is 4.24. The second kappa shape index (κ2) is 5.83. The molecule has 0 amide bonds. The van der Waals surface area contributed by atoms with Gasteiger partial charge >= 0.3 is 5.97 Å². The summed E-state index contributed by atoms with van der Waals surface area (Å²) in [4.78, 5) is 13.2. The minimum absolute atomic E-state index is 0.307. The van der Waals surface area contributed by atoms with Crippen LogP contribution in [0.25, 0.3) is 0 Å². The number of likely N-dealkylation sites (tertiary alicyclic amines) is 1. The molecule has 4 heteroatoms. The molecule has 1 aliphatic carbocycles. The van der Waals surface area contributed by atoms with Gasteiger partial charge < -0.3 is 9.84 Å². The third-order valence-electron chi connectivity index (χ3n) is 4.24. The molecule has 98 valence electrons. The zero-order valence-electron chi connectivity index (χ0n) is 10.6. The summed E-state index contributed by atoms with van der Waals surface area (Å²) < 4.78 is 5.32. The van der Waals surface area contributed by atoms with Gasteiger partial charge in [0, 0.05) is 25.6 Å². The number of hydrogen-bond acceptors (Lipinski definition) is 3. The number of piperidine rings is 1. The Labute approximate surface area is 103 Å². The van der Waals surface area contributed by atoms with Crippen LogP contribution in [0.4, 0.5) is 0 Å². The summed E-state index contributed by atoms with van der Waals surface area (Å²) in [6, 6.07) is 1.13. The lowest BCUT2D eigenvalue weighted by atomic mass is 9.84. The molecular weight excluding hydrogens is 218 g/mol. The van der Waals surface area contributed by atoms with E-state index in [0.29, 0.717) is 24.6 Å². The van der Waals surface area contributed by atoms with E-state index in [-0.39, 0.29) is 0 Å². The SMILES string of the molecule is COC1CC(N2CCCCC2CCC(=O)O)C1. The van der Waals surface area contributed by atoms with Gasteiger partial charge in [0.25, 0.3) is 0 Å². The Balaban J connectivity index is 1.82. The molecule has 0 bridgehead atoms. The van der Waals surface area contributed by atoms with Gasteiger partial charge in [0.05, 0.1) is 6.10 Å². The lowest BCUT2D eigenvalue weighted by Crippen LogP contribution is -2.53. The summed E-state index contributed by atoms with van der Waals surface area (Å²) in [5, 5.41) is 8.78. The minimum atomic E-state index is -0.668. The molecule has 1 saturated heterocycles. The average molecular weight is 241 g/mol. The Morgan fingerprint density at radius 2 is 2.18 bits per heavy atom. The van der Waals surface area contributed by atoms with Crippen molar-refractivity contribution in [1.29, 1.82) is 0 Å². The van der Waals surface area contributed by atoms with Crippen LogP contribution in [0.1, 0.15) is 44.9 Å². The molecule has 17 heavy (non-hydrogen) atoms. The Morgan fingerprint density at radius 1 is 1.41 bits per heavy atom. The molecule has 1 heterocycles. The van der Waals surface area contributed by atoms with Crippen LogP contribution in [0.15, 0.2) is 0 Å². The fraction of sp³-hybridized carbons (Fsp3) is 0.923. The van der Waals surface area contributed by atoms with E-state index < -0.39 is 5.97 Å². The Kier molecular flexibility index (Phi) is 4.40. The van der Waals surface area contributed by atoms with Crippen LogP contribution in [-0.2, 0) is 9.53 Å². The van der Waals surface area contributed by atoms with E-state index in [0.717, 1.165) is 25.8 Å². The second-order valence-corrected chi connectivity index (χ2v) is 5.30. The summed E-state index contributed by atoms with van der Waals surface area (Å²) in [5.74, 6) is -0.668. The van der Waals surface area contributed by atoms with Gasteiger partial charge in [0.1, 0.15) is 0 Å². The van der Waals surface area contributed by atoms with Gasteiger partial charge in [-0.1, -0.05) is 6.42 Å². The average Bonchev–Trinajstić information content (AvgIpc) is 2.26. The second-order valence-electron chi connectivity index (χ2n) is 5.30. The highest BCUT2D eigenvalue weighted by Gasteiger charge is 2.37. The van der Waals surface area contributed by atoms with Crippen molar-refractivity contribution in [1.82, 2.24) is 4.90 Å². The van der Waals surface area contributed by atoms with E-state index in [9.17, 15) is 4.79 Å². The van der Waals surface area contributed by atoms with Crippen LogP contribution in [0, 0.1) is 0 Å². The first-order valence-corrected chi connectivity index (χ1v) is 6.71. The topological polar surface area (TPSA) is 49.8 Å². The Bertz CT molecular complexity index is 263. The molecule has 1 unspecified atom stereocenters. The van der Waals surface area contributed by atoms with E-state index in [1.165, 1.54) is 19.3 Å². The molecule has 1 saturated carbocycles. The predicted molar refractivity (Wildman–Crippen MR) is 65.0 cm³/mol. The van der Waals surface area contributed by atoms with Crippen LogP contribution in [0.3, 0.4) is 0 Å². The maximum Gasteiger partial charge on any atom is 0.303 e. The molecule has 0 spiro atoms. The number of ether oxygens (including phenoxy) is 1. The number of aliphatic carboxylic acids is 1. The first-order chi connectivity index (χ1) is 8.20. The van der Waals surface area contributed by atoms with Crippen molar-refractivity contribution < 1.29 is 14.6 Å². The number of carboxylic acid groups (broad SMARTS) is 1. The fourth-order valence-electron chi connectivity index (χ4n) is 3.10. The first kappa shape index (κ1) is 12.8. The Hall–Kier alpha value is -0.610. The van der Waals surface area contributed by atoms with Crippen LogP contribution in [0.2, 0.25) is 0 Å². The predicted octanol–water partition coefficient (Wildman–Crippen LogP) is 1.88. The van der Waals surface area contributed by atoms with Crippen molar-refractivity contribution in [2.75, 3.05) is 13.7 Å². The molecule has 2 fully saturated rings. The molecule has 1 aliphatic heterocycles. The molecule has 0 radical (unpaired) electrons. The van der Waals surface area contributed by atoms with Crippen molar-refractivity contribution in [2.45, 2.75) is 63.1 Å². The van der Waals surface area contributed by atoms with Crippen molar-refractivity contribution in [3.8, 4) is 0 Å². The van der Waals surface area contributed by atoms with E-state index in [1.54, 1.807) is 7.11 Å². The number of rotatable bonds is 5. The van der Waals surface area contributed by atoms with Gasteiger partial charge in [-0.05, 0) is 38.6 Å². The lowest BCUT2D eigenvalue weighted by Gasteiger charge is -2.48. The van der Waals surface area contributed by atoms with Gasteiger partial charge in [-0.25, -0.2) is 0 Å². The van der Waals surface area contributed by atoms with Gasteiger partial charge in [-0.3, -0.25) is 9.69 Å². The number of hydrogen-bond donors (Lipinski definition) is 1. The van der Waals surface area contributed by atoms with Gasteiger partial charge in [-0.2, -0.15) is 0 Å². The van der Waals surface area contributed by atoms with Gasteiger partial charge in [0.2, 0.25) is 0 Å². The normalized spacial score (nSPS) is 34.3. The quantitative estimate of drug-likeness (QED) is 0.798. The first-order valence-electron chi connectivity index (χ1n) is 6.71. The molecule has 2 aliphatic rings. The van der Waals surface area contributed by atoms with Crippen LogP contribution in [0.5, 0.6) is 0 Å². The molecule has 0 aromatic rings. The van der Waals surface area contributed by atoms with E-state index in [2.05, 4.69) is 4.90 Å². The number of carboxylic acids is 1. The lowest BCUT2D eigenvalue weighted by molar-refractivity contribution is -0.137. The highest BCUT2D eigenvalue weighted by atomic mass is 16.5. The highest BCUT2D eigenvalue weighted by Crippen LogP contribution is 2.33. The Morgan fingerprint density at radius 3 is 2.82 bits per heavy atom. The molecule has 1 atom stereocenters. The number of methoxy groups -OCH3 is 1. The van der Waals surface area contributed by atoms with Crippen LogP contribution < -0.4 is 0 Å². The summed E-state index contributed by atoms with van der Waals surface area (Å²) in [7, 11) is 1.78. The van der Waals surface area contributed by atoms with Crippen LogP contribution >= 0.6 is 0 Å². The molecule has 2 rings (SSSR count). The van der Waals surface area contributed by atoms with Crippen molar-refractivity contribution >= 4 is 5.97 Å².